The Morgan fingerprint density at radius 2 is 2.22 bits per heavy atom. The van der Waals surface area contributed by atoms with Gasteiger partial charge in [-0.3, -0.25) is 4.79 Å². The highest BCUT2D eigenvalue weighted by atomic mass is 16.5. The highest BCUT2D eigenvalue weighted by Crippen LogP contribution is 2.34. The van der Waals surface area contributed by atoms with Gasteiger partial charge in [0.05, 0.1) is 24.2 Å². The van der Waals surface area contributed by atoms with Crippen molar-refractivity contribution < 1.29 is 19.4 Å². The molecule has 0 radical (unpaired) electrons. The predicted octanol–water partition coefficient (Wildman–Crippen LogP) is 0.716. The van der Waals surface area contributed by atoms with Gasteiger partial charge in [-0.15, -0.1) is 0 Å². The van der Waals surface area contributed by atoms with Crippen LogP contribution >= 0.6 is 0 Å². The highest BCUT2D eigenvalue weighted by Gasteiger charge is 2.41. The summed E-state index contributed by atoms with van der Waals surface area (Å²) in [6.07, 6.45) is 3.93. The fourth-order valence-electron chi connectivity index (χ4n) is 2.53. The van der Waals surface area contributed by atoms with E-state index in [1.165, 1.54) is 0 Å². The normalized spacial score (nSPS) is 31.1. The first-order chi connectivity index (χ1) is 8.56. The number of ether oxygens (including phenoxy) is 1. The summed E-state index contributed by atoms with van der Waals surface area (Å²) in [6, 6.07) is -0.116. The summed E-state index contributed by atoms with van der Waals surface area (Å²) in [7, 11) is 0. The molecule has 2 aliphatic rings. The van der Waals surface area contributed by atoms with Gasteiger partial charge < -0.3 is 20.5 Å². The zero-order valence-corrected chi connectivity index (χ0v) is 10.5. The lowest BCUT2D eigenvalue weighted by molar-refractivity contribution is -0.141. The maximum atomic E-state index is 11.6. The molecule has 18 heavy (non-hydrogen) atoms. The summed E-state index contributed by atoms with van der Waals surface area (Å²) in [5, 5.41) is 14.3. The van der Waals surface area contributed by atoms with E-state index in [-0.39, 0.29) is 18.2 Å². The van der Waals surface area contributed by atoms with Crippen LogP contribution in [0, 0.1) is 5.92 Å². The molecule has 2 rings (SSSR count). The third-order valence-electron chi connectivity index (χ3n) is 3.71. The van der Waals surface area contributed by atoms with Crippen LogP contribution in [0.15, 0.2) is 0 Å². The first kappa shape index (κ1) is 13.1. The number of carboxylic acids is 1. The number of amides is 2. The molecular weight excluding hydrogens is 236 g/mol. The van der Waals surface area contributed by atoms with Crippen LogP contribution in [0.25, 0.3) is 0 Å². The number of carbonyl (C=O) groups is 2. The van der Waals surface area contributed by atoms with Crippen LogP contribution in [0.4, 0.5) is 4.79 Å². The average molecular weight is 256 g/mol. The largest absolute Gasteiger partial charge is 0.481 e. The molecular formula is C12H20N2O4. The fourth-order valence-corrected chi connectivity index (χ4v) is 2.53. The van der Waals surface area contributed by atoms with E-state index in [0.29, 0.717) is 19.1 Å². The first-order valence-electron chi connectivity index (χ1n) is 6.49. The summed E-state index contributed by atoms with van der Waals surface area (Å²) in [4.78, 5) is 22.2. The monoisotopic (exact) mass is 256 g/mol. The number of urea groups is 1. The zero-order chi connectivity index (χ0) is 13.1. The molecule has 2 bridgehead atoms. The van der Waals surface area contributed by atoms with Gasteiger partial charge in [0.15, 0.2) is 0 Å². The molecule has 0 aliphatic carbocycles. The molecule has 2 amide bonds. The quantitative estimate of drug-likeness (QED) is 0.676. The Kier molecular flexibility index (Phi) is 4.06. The predicted molar refractivity (Wildman–Crippen MR) is 64.3 cm³/mol. The van der Waals surface area contributed by atoms with Crippen LogP contribution in [-0.4, -0.2) is 41.9 Å². The first-order valence-corrected chi connectivity index (χ1v) is 6.49. The van der Waals surface area contributed by atoms with Crippen molar-refractivity contribution in [2.45, 2.75) is 50.9 Å². The molecule has 0 saturated carbocycles. The molecule has 4 atom stereocenters. The number of hydrogen-bond donors (Lipinski definition) is 3. The van der Waals surface area contributed by atoms with Crippen molar-refractivity contribution in [3.63, 3.8) is 0 Å². The SMILES string of the molecule is CC(CCNC(=O)NC1CC2CCC1O2)C(=O)O. The Morgan fingerprint density at radius 3 is 2.78 bits per heavy atom. The van der Waals surface area contributed by atoms with E-state index in [0.717, 1.165) is 19.3 Å². The van der Waals surface area contributed by atoms with Gasteiger partial charge in [0, 0.05) is 6.54 Å². The smallest absolute Gasteiger partial charge is 0.315 e. The van der Waals surface area contributed by atoms with Gasteiger partial charge in [-0.1, -0.05) is 6.92 Å². The van der Waals surface area contributed by atoms with Gasteiger partial charge in [-0.25, -0.2) is 4.79 Å². The minimum atomic E-state index is -0.835. The second-order valence-corrected chi connectivity index (χ2v) is 5.14. The van der Waals surface area contributed by atoms with Gasteiger partial charge in [-0.2, -0.15) is 0 Å². The van der Waals surface area contributed by atoms with Gasteiger partial charge in [-0.05, 0) is 25.7 Å². The number of nitrogens with one attached hydrogen (secondary N) is 2. The van der Waals surface area contributed by atoms with E-state index in [9.17, 15) is 9.59 Å². The summed E-state index contributed by atoms with van der Waals surface area (Å²) in [5.74, 6) is -1.27. The molecule has 0 aromatic carbocycles. The van der Waals surface area contributed by atoms with Crippen molar-refractivity contribution in [2.24, 2.45) is 5.92 Å². The number of aliphatic carboxylic acids is 1. The highest BCUT2D eigenvalue weighted by molar-refractivity contribution is 5.74. The van der Waals surface area contributed by atoms with E-state index in [1.54, 1.807) is 6.92 Å². The average Bonchev–Trinajstić information content (AvgIpc) is 2.90. The lowest BCUT2D eigenvalue weighted by Crippen LogP contribution is -2.46. The fraction of sp³-hybridized carbons (Fsp3) is 0.833. The van der Waals surface area contributed by atoms with Crippen LogP contribution in [0.2, 0.25) is 0 Å². The molecule has 2 heterocycles. The lowest BCUT2D eigenvalue weighted by atomic mass is 9.96. The van der Waals surface area contributed by atoms with Gasteiger partial charge >= 0.3 is 12.0 Å². The number of carboxylic acid groups (broad SMARTS) is 1. The third kappa shape index (κ3) is 3.13. The van der Waals surface area contributed by atoms with E-state index >= 15 is 0 Å². The number of rotatable bonds is 5. The number of hydrogen-bond acceptors (Lipinski definition) is 3. The molecule has 6 heteroatoms. The van der Waals surface area contributed by atoms with Crippen molar-refractivity contribution in [3.8, 4) is 0 Å². The van der Waals surface area contributed by atoms with Crippen LogP contribution in [0.1, 0.15) is 32.6 Å². The summed E-state index contributed by atoms with van der Waals surface area (Å²) < 4.78 is 5.64. The van der Waals surface area contributed by atoms with E-state index in [1.807, 2.05) is 0 Å². The van der Waals surface area contributed by atoms with Crippen LogP contribution in [0.3, 0.4) is 0 Å². The topological polar surface area (TPSA) is 87.7 Å². The molecule has 3 N–H and O–H groups in total. The van der Waals surface area contributed by atoms with Crippen molar-refractivity contribution in [1.82, 2.24) is 10.6 Å². The molecule has 2 fully saturated rings. The summed E-state index contributed by atoms with van der Waals surface area (Å²) in [5.41, 5.74) is 0. The molecule has 0 aromatic heterocycles. The van der Waals surface area contributed by atoms with Gasteiger partial charge in [0.2, 0.25) is 0 Å². The Morgan fingerprint density at radius 1 is 1.44 bits per heavy atom. The minimum absolute atomic E-state index is 0.112. The van der Waals surface area contributed by atoms with Gasteiger partial charge in [0.25, 0.3) is 0 Å². The van der Waals surface area contributed by atoms with E-state index < -0.39 is 11.9 Å². The van der Waals surface area contributed by atoms with Crippen molar-refractivity contribution in [1.29, 1.82) is 0 Å². The van der Waals surface area contributed by atoms with E-state index in [2.05, 4.69) is 10.6 Å². The molecule has 102 valence electrons. The molecule has 4 unspecified atom stereocenters. The number of fused-ring (bicyclic) bond motifs is 2. The lowest BCUT2D eigenvalue weighted by Gasteiger charge is -2.20. The third-order valence-corrected chi connectivity index (χ3v) is 3.71. The maximum absolute atomic E-state index is 11.6. The van der Waals surface area contributed by atoms with Crippen LogP contribution < -0.4 is 10.6 Å². The van der Waals surface area contributed by atoms with Gasteiger partial charge in [0.1, 0.15) is 0 Å². The minimum Gasteiger partial charge on any atom is -0.481 e. The second-order valence-electron chi connectivity index (χ2n) is 5.14. The Balaban J connectivity index is 1.62. The Bertz CT molecular complexity index is 334. The standard InChI is InChI=1S/C12H20N2O4/c1-7(11(15)16)4-5-13-12(17)14-9-6-8-2-3-10(9)18-8/h7-10H,2-6H2,1H3,(H,15,16)(H2,13,14,17). The van der Waals surface area contributed by atoms with Crippen molar-refractivity contribution >= 4 is 12.0 Å². The molecule has 2 saturated heterocycles. The van der Waals surface area contributed by atoms with Crippen LogP contribution in [-0.2, 0) is 9.53 Å². The van der Waals surface area contributed by atoms with Crippen molar-refractivity contribution in [3.05, 3.63) is 0 Å². The zero-order valence-electron chi connectivity index (χ0n) is 10.5. The summed E-state index contributed by atoms with van der Waals surface area (Å²) >= 11 is 0. The Hall–Kier alpha value is -1.30. The molecule has 2 aliphatic heterocycles. The molecule has 0 aromatic rings. The van der Waals surface area contributed by atoms with E-state index in [4.69, 9.17) is 9.84 Å². The molecule has 0 spiro atoms. The summed E-state index contributed by atoms with van der Waals surface area (Å²) in [6.45, 7) is 2.01. The molecule has 6 nitrogen and oxygen atoms in total. The van der Waals surface area contributed by atoms with Crippen LogP contribution in [0.5, 0.6) is 0 Å². The number of carbonyl (C=O) groups excluding carboxylic acids is 1. The Labute approximate surface area is 106 Å². The maximum Gasteiger partial charge on any atom is 0.315 e. The second kappa shape index (κ2) is 5.56. The van der Waals surface area contributed by atoms with Crippen molar-refractivity contribution in [2.75, 3.05) is 6.54 Å².